The van der Waals surface area contributed by atoms with Crippen LogP contribution in [-0.4, -0.2) is 42.7 Å². The van der Waals surface area contributed by atoms with E-state index in [-0.39, 0.29) is 6.61 Å². The molecule has 0 radical (unpaired) electrons. The Morgan fingerprint density at radius 1 is 1.00 bits per heavy atom. The summed E-state index contributed by atoms with van der Waals surface area (Å²) in [6.07, 6.45) is 1.12. The highest BCUT2D eigenvalue weighted by Gasteiger charge is 2.17. The van der Waals surface area contributed by atoms with Gasteiger partial charge in [0.2, 0.25) is 5.95 Å². The fourth-order valence-electron chi connectivity index (χ4n) is 3.02. The molecule has 31 heavy (non-hydrogen) atoms. The number of hydrogen-bond acceptors (Lipinski definition) is 7. The first kappa shape index (κ1) is 21.3. The fraction of sp³-hybridized carbons (Fsp3) is 0.190. The molecule has 0 fully saturated rings. The minimum Gasteiger partial charge on any atom is -0.394 e. The maximum atomic E-state index is 9.77. The Morgan fingerprint density at radius 2 is 1.74 bits per heavy atom. The number of aryl methyl sites for hydroxylation is 1. The first-order chi connectivity index (χ1) is 15.0. The third-order valence-corrected chi connectivity index (χ3v) is 5.24. The number of hydrogen-bond donors (Lipinski definition) is 4. The smallest absolute Gasteiger partial charge is 0.229 e. The van der Waals surface area contributed by atoms with Gasteiger partial charge in [0.15, 0.2) is 11.5 Å². The molecular weight excluding hydrogens is 439 g/mol. The van der Waals surface area contributed by atoms with Crippen molar-refractivity contribution in [3.8, 4) is 0 Å². The summed E-state index contributed by atoms with van der Waals surface area (Å²) in [5.41, 5.74) is 1.94. The van der Waals surface area contributed by atoms with Crippen LogP contribution in [0.4, 0.5) is 23.1 Å². The predicted molar refractivity (Wildman–Crippen MR) is 123 cm³/mol. The molecule has 1 atom stereocenters. The van der Waals surface area contributed by atoms with Crippen LogP contribution in [0.15, 0.2) is 54.7 Å². The molecule has 4 rings (SSSR count). The van der Waals surface area contributed by atoms with Crippen LogP contribution >= 0.6 is 23.2 Å². The van der Waals surface area contributed by atoms with E-state index in [2.05, 4.69) is 25.7 Å². The highest BCUT2D eigenvalue weighted by atomic mass is 35.5. The van der Waals surface area contributed by atoms with Crippen LogP contribution in [0.5, 0.6) is 0 Å². The Bertz CT molecular complexity index is 1170. The molecule has 10 heteroatoms. The van der Waals surface area contributed by atoms with Crippen molar-refractivity contribution in [2.24, 2.45) is 0 Å². The van der Waals surface area contributed by atoms with Crippen LogP contribution in [0.3, 0.4) is 0 Å². The molecule has 0 saturated heterocycles. The van der Waals surface area contributed by atoms with Crippen molar-refractivity contribution < 1.29 is 10.2 Å². The molecule has 160 valence electrons. The number of halogens is 2. The second-order valence-electron chi connectivity index (χ2n) is 6.84. The lowest BCUT2D eigenvalue weighted by molar-refractivity contribution is 0.0841. The Labute approximate surface area is 188 Å². The fourth-order valence-corrected chi connectivity index (χ4v) is 3.51. The summed E-state index contributed by atoms with van der Waals surface area (Å²) in [5.74, 6) is 0.889. The lowest BCUT2D eigenvalue weighted by Gasteiger charge is -2.08. The molecule has 0 spiro atoms. The number of nitrogens with zero attached hydrogens (tertiary/aromatic N) is 4. The first-order valence-electron chi connectivity index (χ1n) is 9.60. The number of fused-ring (bicyclic) bond motifs is 1. The Hall–Kier alpha value is -2.91. The van der Waals surface area contributed by atoms with Crippen molar-refractivity contribution in [1.29, 1.82) is 0 Å². The van der Waals surface area contributed by atoms with E-state index in [1.165, 1.54) is 0 Å². The van der Waals surface area contributed by atoms with E-state index in [9.17, 15) is 5.11 Å². The summed E-state index contributed by atoms with van der Waals surface area (Å²) in [5, 5.41) is 31.4. The lowest BCUT2D eigenvalue weighted by atomic mass is 10.3. The van der Waals surface area contributed by atoms with Gasteiger partial charge < -0.3 is 20.8 Å². The first-order valence-corrected chi connectivity index (χ1v) is 10.4. The number of para-hydroxylation sites is 2. The van der Waals surface area contributed by atoms with Crippen molar-refractivity contribution >= 4 is 57.4 Å². The van der Waals surface area contributed by atoms with Gasteiger partial charge in [-0.15, -0.1) is 0 Å². The zero-order chi connectivity index (χ0) is 21.8. The quantitative estimate of drug-likeness (QED) is 0.310. The summed E-state index contributed by atoms with van der Waals surface area (Å²) < 4.78 is 1.65. The molecule has 0 aliphatic rings. The lowest BCUT2D eigenvalue weighted by Crippen LogP contribution is -2.16. The van der Waals surface area contributed by atoms with Crippen LogP contribution in [0.25, 0.3) is 11.0 Å². The predicted octanol–water partition coefficient (Wildman–Crippen LogP) is 4.36. The normalized spacial score (nSPS) is 12.1. The summed E-state index contributed by atoms with van der Waals surface area (Å²) in [6, 6.07) is 14.8. The average molecular weight is 459 g/mol. The third kappa shape index (κ3) is 4.88. The van der Waals surface area contributed by atoms with Crippen LogP contribution in [0.2, 0.25) is 10.0 Å². The van der Waals surface area contributed by atoms with Gasteiger partial charge in [-0.25, -0.2) is 9.67 Å². The zero-order valence-electron chi connectivity index (χ0n) is 16.3. The van der Waals surface area contributed by atoms with E-state index in [4.69, 9.17) is 28.3 Å². The summed E-state index contributed by atoms with van der Waals surface area (Å²) in [4.78, 5) is 9.01. The van der Waals surface area contributed by atoms with Crippen LogP contribution in [0, 0.1) is 0 Å². The van der Waals surface area contributed by atoms with Crippen molar-refractivity contribution in [1.82, 2.24) is 19.7 Å². The molecule has 2 heterocycles. The van der Waals surface area contributed by atoms with Crippen LogP contribution < -0.4 is 10.6 Å². The van der Waals surface area contributed by atoms with Crippen molar-refractivity contribution in [3.63, 3.8) is 0 Å². The standard InChI is InChI=1S/C21H20Cl2N6O2/c22-16-7-4-8-17(23)18(16)26-19-15-11-24-21(25-13-5-2-1-3-6-13)27-20(15)29(28-19)10-9-14(31)12-30/h1-8,11,14,30-31H,9-10,12H2,(H,26,28)(H,24,25,27)/t14-/m1/s1. The average Bonchev–Trinajstić information content (AvgIpc) is 3.12. The summed E-state index contributed by atoms with van der Waals surface area (Å²) in [6.45, 7) is 0.0211. The van der Waals surface area contributed by atoms with E-state index in [0.29, 0.717) is 51.5 Å². The maximum absolute atomic E-state index is 9.77. The highest BCUT2D eigenvalue weighted by molar-refractivity contribution is 6.39. The Balaban J connectivity index is 1.72. The number of aliphatic hydroxyl groups excluding tert-OH is 2. The topological polar surface area (TPSA) is 108 Å². The summed E-state index contributed by atoms with van der Waals surface area (Å²) in [7, 11) is 0. The van der Waals surface area contributed by atoms with E-state index in [1.807, 2.05) is 30.3 Å². The number of rotatable bonds is 8. The monoisotopic (exact) mass is 458 g/mol. The number of nitrogens with one attached hydrogen (secondary N) is 2. The Kier molecular flexibility index (Phi) is 6.53. The maximum Gasteiger partial charge on any atom is 0.229 e. The van der Waals surface area contributed by atoms with Gasteiger partial charge in [-0.2, -0.15) is 10.1 Å². The molecule has 0 saturated carbocycles. The second-order valence-corrected chi connectivity index (χ2v) is 7.65. The molecule has 4 aromatic rings. The molecule has 2 aromatic heterocycles. The van der Waals surface area contributed by atoms with Gasteiger partial charge in [-0.1, -0.05) is 47.5 Å². The minimum absolute atomic E-state index is 0.311. The van der Waals surface area contributed by atoms with E-state index >= 15 is 0 Å². The largest absolute Gasteiger partial charge is 0.394 e. The van der Waals surface area contributed by atoms with Crippen molar-refractivity contribution in [2.75, 3.05) is 17.2 Å². The van der Waals surface area contributed by atoms with Gasteiger partial charge in [0.05, 0.1) is 33.8 Å². The number of aliphatic hydroxyl groups is 2. The van der Waals surface area contributed by atoms with Gasteiger partial charge >= 0.3 is 0 Å². The molecule has 0 amide bonds. The molecule has 8 nitrogen and oxygen atoms in total. The molecule has 0 bridgehead atoms. The Morgan fingerprint density at radius 3 is 2.45 bits per heavy atom. The molecule has 0 aliphatic heterocycles. The van der Waals surface area contributed by atoms with E-state index in [1.54, 1.807) is 29.1 Å². The number of aromatic nitrogens is 4. The van der Waals surface area contributed by atoms with E-state index in [0.717, 1.165) is 5.69 Å². The molecule has 2 aromatic carbocycles. The van der Waals surface area contributed by atoms with Crippen LogP contribution in [-0.2, 0) is 6.54 Å². The molecule has 4 N–H and O–H groups in total. The van der Waals surface area contributed by atoms with Gasteiger partial charge in [0.1, 0.15) is 0 Å². The third-order valence-electron chi connectivity index (χ3n) is 4.61. The SMILES string of the molecule is OC[C@H](O)CCn1nc(Nc2c(Cl)cccc2Cl)c2cnc(Nc3ccccc3)nc21. The number of benzene rings is 2. The van der Waals surface area contributed by atoms with Crippen molar-refractivity contribution in [2.45, 2.75) is 19.1 Å². The zero-order valence-corrected chi connectivity index (χ0v) is 17.8. The van der Waals surface area contributed by atoms with Gasteiger partial charge in [0, 0.05) is 18.4 Å². The van der Waals surface area contributed by atoms with Crippen molar-refractivity contribution in [3.05, 3.63) is 64.8 Å². The highest BCUT2D eigenvalue weighted by Crippen LogP contribution is 2.34. The molecule has 0 aliphatic carbocycles. The van der Waals surface area contributed by atoms with Gasteiger partial charge in [-0.05, 0) is 30.7 Å². The second kappa shape index (κ2) is 9.49. The van der Waals surface area contributed by atoms with Crippen LogP contribution in [0.1, 0.15) is 6.42 Å². The summed E-state index contributed by atoms with van der Waals surface area (Å²) >= 11 is 12.6. The number of anilines is 4. The molecular formula is C21H20Cl2N6O2. The van der Waals surface area contributed by atoms with Gasteiger partial charge in [0.25, 0.3) is 0 Å². The van der Waals surface area contributed by atoms with Gasteiger partial charge in [-0.3, -0.25) is 0 Å². The van der Waals surface area contributed by atoms with E-state index < -0.39 is 6.10 Å². The minimum atomic E-state index is -0.850. The molecule has 0 unspecified atom stereocenters.